The zero-order chi connectivity index (χ0) is 13.0. The lowest BCUT2D eigenvalue weighted by atomic mass is 10.1. The fourth-order valence-electron chi connectivity index (χ4n) is 2.11. The van der Waals surface area contributed by atoms with Crippen LogP contribution >= 0.6 is 11.8 Å². The summed E-state index contributed by atoms with van der Waals surface area (Å²) in [7, 11) is 0. The Bertz CT molecular complexity index is 405. The molecule has 1 aromatic carbocycles. The summed E-state index contributed by atoms with van der Waals surface area (Å²) >= 11 is 2.01. The summed E-state index contributed by atoms with van der Waals surface area (Å²) in [5.41, 5.74) is 0.680. The van der Waals surface area contributed by atoms with Gasteiger partial charge in [0.2, 0.25) is 0 Å². The number of phenols is 1. The minimum Gasteiger partial charge on any atom is -0.508 e. The number of Topliss-reactive ketones (excluding diaryl/α,β-unsaturated/α-hetero) is 1. The highest BCUT2D eigenvalue weighted by molar-refractivity contribution is 8.00. The van der Waals surface area contributed by atoms with E-state index in [1.54, 1.807) is 24.3 Å². The zero-order valence-corrected chi connectivity index (χ0v) is 11.4. The number of thioether (sulfide) groups is 1. The standard InChI is InChI=1S/C14H19NO2S/c1-2-13-9-15(7-8-18-13)10-14(17)11-3-5-12(16)6-4-11/h3-6,13,16H,2,7-10H2,1H3. The molecule has 1 aliphatic rings. The number of carbonyl (C=O) groups excluding carboxylic acids is 1. The molecule has 1 N–H and O–H groups in total. The average Bonchev–Trinajstić information content (AvgIpc) is 2.39. The number of aromatic hydroxyl groups is 1. The molecule has 1 saturated heterocycles. The molecule has 0 aromatic heterocycles. The number of nitrogens with zero attached hydrogens (tertiary/aromatic N) is 1. The van der Waals surface area contributed by atoms with E-state index >= 15 is 0 Å². The molecule has 0 amide bonds. The van der Waals surface area contributed by atoms with Crippen LogP contribution in [0.4, 0.5) is 0 Å². The van der Waals surface area contributed by atoms with Gasteiger partial charge in [-0.1, -0.05) is 6.92 Å². The fourth-order valence-corrected chi connectivity index (χ4v) is 3.36. The van der Waals surface area contributed by atoms with Gasteiger partial charge in [0, 0.05) is 29.7 Å². The molecule has 0 bridgehead atoms. The van der Waals surface area contributed by atoms with Crippen LogP contribution in [0, 0.1) is 0 Å². The average molecular weight is 265 g/mol. The van der Waals surface area contributed by atoms with Crippen LogP contribution in [-0.4, -0.2) is 46.4 Å². The molecule has 2 rings (SSSR count). The van der Waals surface area contributed by atoms with Crippen LogP contribution < -0.4 is 0 Å². The zero-order valence-electron chi connectivity index (χ0n) is 10.6. The maximum absolute atomic E-state index is 12.1. The number of rotatable bonds is 4. The van der Waals surface area contributed by atoms with Crippen molar-refractivity contribution in [1.82, 2.24) is 4.90 Å². The molecule has 18 heavy (non-hydrogen) atoms. The minimum absolute atomic E-state index is 0.136. The van der Waals surface area contributed by atoms with Gasteiger partial charge in [-0.15, -0.1) is 0 Å². The quantitative estimate of drug-likeness (QED) is 0.849. The molecule has 1 unspecified atom stereocenters. The molecule has 3 nitrogen and oxygen atoms in total. The molecular formula is C14H19NO2S. The van der Waals surface area contributed by atoms with Crippen molar-refractivity contribution < 1.29 is 9.90 Å². The van der Waals surface area contributed by atoms with Crippen molar-refractivity contribution >= 4 is 17.5 Å². The van der Waals surface area contributed by atoms with Gasteiger partial charge in [0.15, 0.2) is 5.78 Å². The smallest absolute Gasteiger partial charge is 0.176 e. The van der Waals surface area contributed by atoms with Gasteiger partial charge in [0.05, 0.1) is 6.54 Å². The Morgan fingerprint density at radius 3 is 2.83 bits per heavy atom. The number of hydrogen-bond donors (Lipinski definition) is 1. The first-order chi connectivity index (χ1) is 8.69. The van der Waals surface area contributed by atoms with Gasteiger partial charge >= 0.3 is 0 Å². The highest BCUT2D eigenvalue weighted by Crippen LogP contribution is 2.21. The van der Waals surface area contributed by atoms with Crippen LogP contribution in [0.5, 0.6) is 5.75 Å². The molecule has 1 atom stereocenters. The van der Waals surface area contributed by atoms with Gasteiger partial charge in [-0.25, -0.2) is 0 Å². The van der Waals surface area contributed by atoms with Crippen molar-refractivity contribution in [2.24, 2.45) is 0 Å². The first kappa shape index (κ1) is 13.4. The van der Waals surface area contributed by atoms with Gasteiger partial charge in [-0.3, -0.25) is 9.69 Å². The highest BCUT2D eigenvalue weighted by Gasteiger charge is 2.21. The molecule has 0 radical (unpaired) electrons. The van der Waals surface area contributed by atoms with Crippen LogP contribution in [0.25, 0.3) is 0 Å². The van der Waals surface area contributed by atoms with E-state index in [0.29, 0.717) is 17.4 Å². The van der Waals surface area contributed by atoms with E-state index in [4.69, 9.17) is 0 Å². The van der Waals surface area contributed by atoms with E-state index in [1.165, 1.54) is 0 Å². The molecule has 0 spiro atoms. The van der Waals surface area contributed by atoms with Crippen LogP contribution in [0.1, 0.15) is 23.7 Å². The van der Waals surface area contributed by atoms with Crippen LogP contribution in [0.2, 0.25) is 0 Å². The summed E-state index contributed by atoms with van der Waals surface area (Å²) in [6, 6.07) is 6.50. The SMILES string of the molecule is CCC1CN(CC(=O)c2ccc(O)cc2)CCS1. The van der Waals surface area contributed by atoms with Crippen LogP contribution in [0.15, 0.2) is 24.3 Å². The van der Waals surface area contributed by atoms with E-state index in [9.17, 15) is 9.90 Å². The third kappa shape index (κ3) is 3.50. The number of benzene rings is 1. The Kier molecular flexibility index (Phi) is 4.66. The Balaban J connectivity index is 1.92. The van der Waals surface area contributed by atoms with Gasteiger partial charge < -0.3 is 5.11 Å². The Morgan fingerprint density at radius 1 is 1.44 bits per heavy atom. The summed E-state index contributed by atoms with van der Waals surface area (Å²) in [4.78, 5) is 14.3. The number of phenolic OH excluding ortho intramolecular Hbond substituents is 1. The molecule has 1 aliphatic heterocycles. The van der Waals surface area contributed by atoms with Crippen molar-refractivity contribution in [3.63, 3.8) is 0 Å². The monoisotopic (exact) mass is 265 g/mol. The van der Waals surface area contributed by atoms with Gasteiger partial charge in [-0.05, 0) is 30.7 Å². The third-order valence-corrected chi connectivity index (χ3v) is 4.61. The molecule has 4 heteroatoms. The van der Waals surface area contributed by atoms with E-state index in [1.807, 2.05) is 11.8 Å². The van der Waals surface area contributed by atoms with E-state index in [-0.39, 0.29) is 11.5 Å². The van der Waals surface area contributed by atoms with E-state index < -0.39 is 0 Å². The van der Waals surface area contributed by atoms with Gasteiger partial charge in [-0.2, -0.15) is 11.8 Å². The molecule has 0 saturated carbocycles. The van der Waals surface area contributed by atoms with E-state index in [0.717, 1.165) is 25.3 Å². The van der Waals surface area contributed by atoms with E-state index in [2.05, 4.69) is 11.8 Å². The first-order valence-electron chi connectivity index (χ1n) is 6.35. The molecule has 1 fully saturated rings. The van der Waals surface area contributed by atoms with Gasteiger partial charge in [0.25, 0.3) is 0 Å². The number of carbonyl (C=O) groups is 1. The molecule has 1 aromatic rings. The van der Waals surface area contributed by atoms with Crippen LogP contribution in [0.3, 0.4) is 0 Å². The maximum atomic E-state index is 12.1. The Morgan fingerprint density at radius 2 is 2.17 bits per heavy atom. The normalized spacial score (nSPS) is 20.8. The van der Waals surface area contributed by atoms with Crippen molar-refractivity contribution in [2.75, 3.05) is 25.4 Å². The second-order valence-electron chi connectivity index (χ2n) is 4.61. The fraction of sp³-hybridized carbons (Fsp3) is 0.500. The summed E-state index contributed by atoms with van der Waals surface area (Å²) in [5.74, 6) is 1.45. The largest absolute Gasteiger partial charge is 0.508 e. The molecule has 1 heterocycles. The van der Waals surface area contributed by atoms with Crippen molar-refractivity contribution in [3.8, 4) is 5.75 Å². The predicted molar refractivity (Wildman–Crippen MR) is 75.4 cm³/mol. The Hall–Kier alpha value is -1.00. The minimum atomic E-state index is 0.136. The van der Waals surface area contributed by atoms with Crippen molar-refractivity contribution in [2.45, 2.75) is 18.6 Å². The van der Waals surface area contributed by atoms with Crippen LogP contribution in [-0.2, 0) is 0 Å². The highest BCUT2D eigenvalue weighted by atomic mass is 32.2. The lowest BCUT2D eigenvalue weighted by molar-refractivity contribution is 0.0932. The first-order valence-corrected chi connectivity index (χ1v) is 7.40. The maximum Gasteiger partial charge on any atom is 0.176 e. The number of hydrogen-bond acceptors (Lipinski definition) is 4. The second kappa shape index (κ2) is 6.25. The molecule has 0 aliphatic carbocycles. The topological polar surface area (TPSA) is 40.5 Å². The molecule has 98 valence electrons. The second-order valence-corrected chi connectivity index (χ2v) is 6.01. The number of ketones is 1. The third-order valence-electron chi connectivity index (χ3n) is 3.23. The molecular weight excluding hydrogens is 246 g/mol. The Labute approximate surface area is 112 Å². The lowest BCUT2D eigenvalue weighted by Gasteiger charge is -2.31. The summed E-state index contributed by atoms with van der Waals surface area (Å²) in [5, 5.41) is 9.86. The summed E-state index contributed by atoms with van der Waals surface area (Å²) in [6.07, 6.45) is 1.16. The lowest BCUT2D eigenvalue weighted by Crippen LogP contribution is -2.40. The summed E-state index contributed by atoms with van der Waals surface area (Å²) < 4.78 is 0. The van der Waals surface area contributed by atoms with Gasteiger partial charge in [0.1, 0.15) is 5.75 Å². The van der Waals surface area contributed by atoms with Crippen molar-refractivity contribution in [1.29, 1.82) is 0 Å². The predicted octanol–water partition coefficient (Wildman–Crippen LogP) is 2.40. The summed E-state index contributed by atoms with van der Waals surface area (Å²) in [6.45, 7) is 4.68. The van der Waals surface area contributed by atoms with Crippen molar-refractivity contribution in [3.05, 3.63) is 29.8 Å².